The van der Waals surface area contributed by atoms with Crippen molar-refractivity contribution in [3.8, 4) is 0 Å². The minimum Gasteiger partial charge on any atom is -0.368 e. The van der Waals surface area contributed by atoms with Crippen LogP contribution in [0, 0.1) is 5.92 Å². The van der Waals surface area contributed by atoms with Crippen LogP contribution in [0.25, 0.3) is 10.9 Å². The highest BCUT2D eigenvalue weighted by atomic mass is 35.5. The third-order valence-electron chi connectivity index (χ3n) is 10.9. The summed E-state index contributed by atoms with van der Waals surface area (Å²) in [5.74, 6) is -4.40. The van der Waals surface area contributed by atoms with Gasteiger partial charge < -0.3 is 42.2 Å². The first-order valence-corrected chi connectivity index (χ1v) is 19.8. The van der Waals surface area contributed by atoms with E-state index in [-0.39, 0.29) is 50.6 Å². The Morgan fingerprint density at radius 2 is 1.51 bits per heavy atom. The van der Waals surface area contributed by atoms with Gasteiger partial charge in [0.15, 0.2) is 0 Å². The van der Waals surface area contributed by atoms with Crippen molar-refractivity contribution in [2.45, 2.75) is 88.3 Å². The zero-order chi connectivity index (χ0) is 39.4. The van der Waals surface area contributed by atoms with Crippen molar-refractivity contribution in [2.24, 2.45) is 17.4 Å². The summed E-state index contributed by atoms with van der Waals surface area (Å²) in [5.41, 5.74) is 12.3. The van der Waals surface area contributed by atoms with Crippen molar-refractivity contribution in [3.05, 3.63) is 71.9 Å². The fourth-order valence-corrected chi connectivity index (χ4v) is 8.19. The summed E-state index contributed by atoms with van der Waals surface area (Å²) in [5, 5.41) is 9.13. The zero-order valence-electron chi connectivity index (χ0n) is 31.2. The Kier molecular flexibility index (Phi) is 14.5. The van der Waals surface area contributed by atoms with Gasteiger partial charge in [0, 0.05) is 43.3 Å². The molecule has 0 bridgehead atoms. The molecule has 14 nitrogen and oxygen atoms in total. The van der Waals surface area contributed by atoms with Crippen LogP contribution < -0.4 is 27.4 Å². The number of aromatic nitrogens is 1. The highest BCUT2D eigenvalue weighted by molar-refractivity contribution is 6.27. The topological polar surface area (TPSA) is 213 Å². The van der Waals surface area contributed by atoms with E-state index in [1.165, 1.54) is 4.90 Å². The molecule has 2 saturated heterocycles. The van der Waals surface area contributed by atoms with Crippen LogP contribution in [0.3, 0.4) is 0 Å². The van der Waals surface area contributed by atoms with E-state index in [2.05, 4.69) is 20.9 Å². The van der Waals surface area contributed by atoms with E-state index in [0.717, 1.165) is 41.3 Å². The highest BCUT2D eigenvalue weighted by Crippen LogP contribution is 2.39. The van der Waals surface area contributed by atoms with E-state index in [0.29, 0.717) is 38.8 Å². The molecular formula is C40H53ClN8O6. The number of fused-ring (bicyclic) bond motifs is 1. The van der Waals surface area contributed by atoms with Crippen LogP contribution in [-0.2, 0) is 36.8 Å². The summed E-state index contributed by atoms with van der Waals surface area (Å²) < 4.78 is 0. The van der Waals surface area contributed by atoms with Gasteiger partial charge in [-0.1, -0.05) is 48.5 Å². The Hall–Kier alpha value is -5.11. The first-order chi connectivity index (χ1) is 26.5. The maximum atomic E-state index is 15.0. The summed E-state index contributed by atoms with van der Waals surface area (Å²) in [6.45, 7) is 1.41. The van der Waals surface area contributed by atoms with Gasteiger partial charge in [-0.25, -0.2) is 4.79 Å². The Morgan fingerprint density at radius 1 is 0.818 bits per heavy atom. The van der Waals surface area contributed by atoms with E-state index in [4.69, 9.17) is 23.1 Å². The molecule has 2 aliphatic heterocycles. The number of aryl methyl sites for hydroxylation is 1. The molecule has 1 unspecified atom stereocenters. The van der Waals surface area contributed by atoms with Crippen molar-refractivity contribution >= 4 is 58.1 Å². The molecule has 1 aromatic heterocycles. The number of H-pyrrole nitrogens is 1. The first-order valence-electron chi connectivity index (χ1n) is 19.2. The Labute approximate surface area is 326 Å². The summed E-state index contributed by atoms with van der Waals surface area (Å²) in [6.07, 6.45) is 6.80. The third-order valence-corrected chi connectivity index (χ3v) is 11.2. The maximum Gasteiger partial charge on any atom is 0.312 e. The molecule has 3 aromatic rings. The molecule has 3 heterocycles. The molecule has 2 aromatic carbocycles. The molecule has 2 fully saturated rings. The van der Waals surface area contributed by atoms with Gasteiger partial charge in [0.25, 0.3) is 0 Å². The average Bonchev–Trinajstić information content (AvgIpc) is 3.62. The van der Waals surface area contributed by atoms with E-state index in [1.807, 2.05) is 54.6 Å². The number of carbonyl (C=O) groups is 6. The number of nitrogens with two attached hydrogens (primary N) is 2. The predicted molar refractivity (Wildman–Crippen MR) is 210 cm³/mol. The van der Waals surface area contributed by atoms with Crippen LogP contribution in [0.15, 0.2) is 60.8 Å². The predicted octanol–water partition coefficient (Wildman–Crippen LogP) is 2.87. The fraction of sp³-hybridized carbons (Fsp3) is 0.500. The lowest BCUT2D eigenvalue weighted by Crippen LogP contribution is -2.70. The number of alkyl halides is 1. The standard InChI is InChI=1S/C40H53ClN8O6/c41-25-34(50)46-33(18-17-27-12-3-1-4-13-27)37(53)49-23-10-7-19-40(49,38(42)54)30(24-28-26-45-31-15-6-5-14-29(28)31)35(51)47-32(16-11-20-44-39(43)55)36(52)48-21-8-2-9-22-48/h1,3-6,12-15,26,30,32-33,45H,2,7-11,16-25H2,(H2,42,54)(H,46,50)(H,47,51)(H3,43,44,55)/t30-,32+,33+,40?/m1/s1. The number of hydrogen-bond donors (Lipinski definition) is 6. The number of para-hydroxylation sites is 1. The molecule has 4 atom stereocenters. The molecule has 5 rings (SSSR count). The van der Waals surface area contributed by atoms with E-state index >= 15 is 4.79 Å². The van der Waals surface area contributed by atoms with E-state index in [9.17, 15) is 24.0 Å². The number of aromatic amines is 1. The van der Waals surface area contributed by atoms with Crippen molar-refractivity contribution in [1.29, 1.82) is 0 Å². The van der Waals surface area contributed by atoms with Crippen LogP contribution in [0.4, 0.5) is 4.79 Å². The Morgan fingerprint density at radius 3 is 2.22 bits per heavy atom. The fourth-order valence-electron chi connectivity index (χ4n) is 8.11. The summed E-state index contributed by atoms with van der Waals surface area (Å²) in [6, 6.07) is 14.3. The smallest absolute Gasteiger partial charge is 0.312 e. The zero-order valence-corrected chi connectivity index (χ0v) is 32.0. The summed E-state index contributed by atoms with van der Waals surface area (Å²) in [4.78, 5) is 88.5. The second-order valence-electron chi connectivity index (χ2n) is 14.5. The maximum absolute atomic E-state index is 15.0. The molecule has 0 radical (unpaired) electrons. The molecule has 0 aliphatic carbocycles. The van der Waals surface area contributed by atoms with Gasteiger partial charge in [-0.3, -0.25) is 24.0 Å². The number of rotatable bonds is 17. The summed E-state index contributed by atoms with van der Waals surface area (Å²) in [7, 11) is 0. The number of nitrogens with zero attached hydrogens (tertiary/aromatic N) is 2. The number of carbonyl (C=O) groups excluding carboxylic acids is 6. The van der Waals surface area contributed by atoms with Gasteiger partial charge in [0.05, 0.1) is 5.92 Å². The van der Waals surface area contributed by atoms with Gasteiger partial charge in [-0.2, -0.15) is 0 Å². The number of likely N-dealkylation sites (tertiary alicyclic amines) is 2. The lowest BCUT2D eigenvalue weighted by atomic mass is 9.71. The van der Waals surface area contributed by atoms with Crippen molar-refractivity contribution < 1.29 is 28.8 Å². The summed E-state index contributed by atoms with van der Waals surface area (Å²) >= 11 is 5.90. The number of halogens is 1. The number of nitrogens with one attached hydrogen (secondary N) is 4. The van der Waals surface area contributed by atoms with E-state index < -0.39 is 53.2 Å². The molecular weight excluding hydrogens is 724 g/mol. The van der Waals surface area contributed by atoms with Crippen LogP contribution in [0.5, 0.6) is 0 Å². The first kappa shape index (κ1) is 41.1. The molecule has 296 valence electrons. The number of primary amides is 2. The molecule has 2 aliphatic rings. The van der Waals surface area contributed by atoms with E-state index in [1.54, 1.807) is 11.1 Å². The lowest BCUT2D eigenvalue weighted by Gasteiger charge is -2.50. The molecule has 0 saturated carbocycles. The van der Waals surface area contributed by atoms with Gasteiger partial charge in [0.1, 0.15) is 23.5 Å². The number of piperidine rings is 2. The monoisotopic (exact) mass is 776 g/mol. The number of benzene rings is 2. The SMILES string of the molecule is NC(=O)NCCC[C@H](NC(=O)[C@@H](Cc1c[nH]c2ccccc12)C1(C(N)=O)CCCCN1C(=O)[C@H](CCc1ccccc1)NC(=O)CCl)C(=O)N1CCCCC1. The van der Waals surface area contributed by atoms with Crippen LogP contribution in [-0.4, -0.2) is 100 Å². The van der Waals surface area contributed by atoms with Crippen molar-refractivity contribution in [1.82, 2.24) is 30.7 Å². The molecule has 7 amide bonds. The number of hydrogen-bond acceptors (Lipinski definition) is 6. The van der Waals surface area contributed by atoms with Crippen LogP contribution in [0.2, 0.25) is 0 Å². The Bertz CT molecular complexity index is 1810. The normalized spacial score (nSPS) is 18.9. The molecule has 8 N–H and O–H groups in total. The van der Waals surface area contributed by atoms with Gasteiger partial charge in [-0.15, -0.1) is 11.6 Å². The van der Waals surface area contributed by atoms with Crippen LogP contribution in [0.1, 0.15) is 68.9 Å². The third kappa shape index (κ3) is 10.2. The minimum atomic E-state index is -1.82. The van der Waals surface area contributed by atoms with Gasteiger partial charge in [-0.05, 0) is 87.8 Å². The minimum absolute atomic E-state index is 0.0130. The second kappa shape index (κ2) is 19.5. The van der Waals surface area contributed by atoms with Gasteiger partial charge in [0.2, 0.25) is 29.5 Å². The highest BCUT2D eigenvalue weighted by Gasteiger charge is 2.56. The Balaban J connectivity index is 1.54. The van der Waals surface area contributed by atoms with Gasteiger partial charge >= 0.3 is 6.03 Å². The van der Waals surface area contributed by atoms with Crippen molar-refractivity contribution in [3.63, 3.8) is 0 Å². The van der Waals surface area contributed by atoms with Crippen LogP contribution >= 0.6 is 11.6 Å². The molecule has 0 spiro atoms. The lowest BCUT2D eigenvalue weighted by molar-refractivity contribution is -0.160. The number of urea groups is 1. The second-order valence-corrected chi connectivity index (χ2v) is 14.8. The quantitative estimate of drug-likeness (QED) is 0.0896. The largest absolute Gasteiger partial charge is 0.368 e. The molecule has 55 heavy (non-hydrogen) atoms. The average molecular weight is 777 g/mol. The number of amides is 7. The van der Waals surface area contributed by atoms with Crippen molar-refractivity contribution in [2.75, 3.05) is 32.1 Å². The molecule has 15 heteroatoms.